The van der Waals surface area contributed by atoms with Gasteiger partial charge in [-0.15, -0.1) is 0 Å². The van der Waals surface area contributed by atoms with Crippen LogP contribution in [0.4, 0.5) is 10.5 Å². The van der Waals surface area contributed by atoms with E-state index in [0.29, 0.717) is 29.2 Å². The van der Waals surface area contributed by atoms with Crippen LogP contribution in [0.1, 0.15) is 6.92 Å². The van der Waals surface area contributed by atoms with E-state index in [-0.39, 0.29) is 0 Å². The Balaban J connectivity index is 1.95. The molecule has 0 unspecified atom stereocenters. The Morgan fingerprint density at radius 1 is 1.43 bits per heavy atom. The minimum Gasteiger partial charge on any atom is -0.465 e. The van der Waals surface area contributed by atoms with Gasteiger partial charge < -0.3 is 15.3 Å². The van der Waals surface area contributed by atoms with E-state index in [4.69, 9.17) is 28.3 Å². The zero-order valence-electron chi connectivity index (χ0n) is 11.9. The highest BCUT2D eigenvalue weighted by Crippen LogP contribution is 2.34. The van der Waals surface area contributed by atoms with Crippen molar-refractivity contribution in [1.82, 2.24) is 10.2 Å². The van der Waals surface area contributed by atoms with Gasteiger partial charge in [0.1, 0.15) is 0 Å². The van der Waals surface area contributed by atoms with Gasteiger partial charge >= 0.3 is 6.09 Å². The molecule has 1 aromatic rings. The summed E-state index contributed by atoms with van der Waals surface area (Å²) in [5.74, 6) is 0. The quantitative estimate of drug-likeness (QED) is 0.890. The van der Waals surface area contributed by atoms with Crippen molar-refractivity contribution in [3.05, 3.63) is 28.2 Å². The molecule has 1 aromatic carbocycles. The Bertz CT molecular complexity index is 513. The monoisotopic (exact) mass is 331 g/mol. The van der Waals surface area contributed by atoms with Gasteiger partial charge in [0.05, 0.1) is 15.7 Å². The number of carbonyl (C=O) groups is 1. The van der Waals surface area contributed by atoms with Crippen LogP contribution in [0, 0.1) is 0 Å². The molecule has 116 valence electrons. The first kappa shape index (κ1) is 16.2. The maximum Gasteiger partial charge on any atom is 0.404 e. The number of piperazine rings is 1. The molecule has 0 aromatic heterocycles. The molecule has 0 bridgehead atoms. The Hall–Kier alpha value is -1.17. The summed E-state index contributed by atoms with van der Waals surface area (Å²) in [5, 5.41) is 12.1. The average molecular weight is 332 g/mol. The largest absolute Gasteiger partial charge is 0.465 e. The normalized spacial score (nSPS) is 19.6. The van der Waals surface area contributed by atoms with Gasteiger partial charge in [-0.3, -0.25) is 4.90 Å². The highest BCUT2D eigenvalue weighted by molar-refractivity contribution is 6.43. The smallest absolute Gasteiger partial charge is 0.404 e. The van der Waals surface area contributed by atoms with Crippen LogP contribution in [-0.4, -0.2) is 54.9 Å². The minimum atomic E-state index is -0.979. The first-order valence-electron chi connectivity index (χ1n) is 6.89. The molecule has 0 aliphatic carbocycles. The van der Waals surface area contributed by atoms with Crippen molar-refractivity contribution < 1.29 is 9.90 Å². The Morgan fingerprint density at radius 3 is 2.86 bits per heavy atom. The topological polar surface area (TPSA) is 55.8 Å². The molecule has 1 saturated heterocycles. The van der Waals surface area contributed by atoms with E-state index < -0.39 is 6.09 Å². The fourth-order valence-corrected chi connectivity index (χ4v) is 3.03. The lowest BCUT2D eigenvalue weighted by Gasteiger charge is -2.41. The number of amides is 1. The maximum atomic E-state index is 10.4. The van der Waals surface area contributed by atoms with E-state index in [1.807, 2.05) is 12.1 Å². The van der Waals surface area contributed by atoms with Crippen LogP contribution in [0.2, 0.25) is 10.0 Å². The molecule has 1 atom stereocenters. The molecule has 5 nitrogen and oxygen atoms in total. The summed E-state index contributed by atoms with van der Waals surface area (Å²) in [4.78, 5) is 14.9. The minimum absolute atomic E-state index is 0.291. The summed E-state index contributed by atoms with van der Waals surface area (Å²) in [6.07, 6.45) is -0.979. The molecule has 21 heavy (non-hydrogen) atoms. The number of anilines is 1. The van der Waals surface area contributed by atoms with Gasteiger partial charge in [0.15, 0.2) is 0 Å². The lowest BCUT2D eigenvalue weighted by molar-refractivity contribution is 0.188. The predicted octanol–water partition coefficient (Wildman–Crippen LogP) is 2.77. The van der Waals surface area contributed by atoms with Crippen molar-refractivity contribution in [1.29, 1.82) is 0 Å². The number of rotatable bonds is 4. The van der Waals surface area contributed by atoms with Crippen LogP contribution < -0.4 is 10.2 Å². The summed E-state index contributed by atoms with van der Waals surface area (Å²) >= 11 is 12.4. The van der Waals surface area contributed by atoms with Crippen molar-refractivity contribution in [2.45, 2.75) is 13.0 Å². The second-order valence-corrected chi connectivity index (χ2v) is 5.93. The first-order valence-corrected chi connectivity index (χ1v) is 7.64. The molecule has 0 spiro atoms. The van der Waals surface area contributed by atoms with Crippen LogP contribution in [0.15, 0.2) is 18.2 Å². The Morgan fingerprint density at radius 2 is 2.19 bits per heavy atom. The predicted molar refractivity (Wildman–Crippen MR) is 85.7 cm³/mol. The van der Waals surface area contributed by atoms with E-state index in [0.717, 1.165) is 25.3 Å². The van der Waals surface area contributed by atoms with Gasteiger partial charge in [0.25, 0.3) is 0 Å². The van der Waals surface area contributed by atoms with Gasteiger partial charge in [-0.05, 0) is 19.1 Å². The molecule has 7 heteroatoms. The number of carboxylic acid groups (broad SMARTS) is 1. The van der Waals surface area contributed by atoms with Crippen LogP contribution in [0.25, 0.3) is 0 Å². The lowest BCUT2D eigenvalue weighted by atomic mass is 10.1. The third-order valence-corrected chi connectivity index (χ3v) is 4.47. The summed E-state index contributed by atoms with van der Waals surface area (Å²) in [5.41, 5.74) is 0.958. The summed E-state index contributed by atoms with van der Waals surface area (Å²) < 4.78 is 0. The molecule has 2 rings (SSSR count). The van der Waals surface area contributed by atoms with Crippen molar-refractivity contribution >= 4 is 35.0 Å². The standard InChI is InChI=1S/C14H19Cl2N3O2/c1-10-9-18(6-5-17-14(20)21)7-8-19(10)12-4-2-3-11(15)13(12)16/h2-4,10,17H,5-9H2,1H3,(H,20,21)/t10-/m1/s1. The number of hydrogen-bond donors (Lipinski definition) is 2. The molecule has 0 saturated carbocycles. The fourth-order valence-electron chi connectivity index (χ4n) is 2.63. The molecular formula is C14H19Cl2N3O2. The van der Waals surface area contributed by atoms with Crippen LogP contribution in [0.3, 0.4) is 0 Å². The second kappa shape index (κ2) is 7.20. The van der Waals surface area contributed by atoms with Crippen LogP contribution >= 0.6 is 23.2 Å². The second-order valence-electron chi connectivity index (χ2n) is 5.15. The van der Waals surface area contributed by atoms with Crippen molar-refractivity contribution in [3.8, 4) is 0 Å². The molecule has 1 aliphatic heterocycles. The van der Waals surface area contributed by atoms with E-state index in [2.05, 4.69) is 22.0 Å². The molecule has 1 fully saturated rings. The molecule has 1 heterocycles. The van der Waals surface area contributed by atoms with Crippen molar-refractivity contribution in [3.63, 3.8) is 0 Å². The average Bonchev–Trinajstić information content (AvgIpc) is 2.42. The molecule has 0 radical (unpaired) electrons. The van der Waals surface area contributed by atoms with Gasteiger partial charge in [0, 0.05) is 38.8 Å². The van der Waals surface area contributed by atoms with Gasteiger partial charge in [-0.1, -0.05) is 29.3 Å². The van der Waals surface area contributed by atoms with Crippen LogP contribution in [-0.2, 0) is 0 Å². The SMILES string of the molecule is C[C@@H]1CN(CCNC(=O)O)CCN1c1cccc(Cl)c1Cl. The number of nitrogens with one attached hydrogen (secondary N) is 1. The number of benzene rings is 1. The van der Waals surface area contributed by atoms with Crippen molar-refractivity contribution in [2.24, 2.45) is 0 Å². The number of halogens is 2. The Labute approximate surface area is 134 Å². The van der Waals surface area contributed by atoms with E-state index in [1.165, 1.54) is 0 Å². The van der Waals surface area contributed by atoms with E-state index >= 15 is 0 Å². The highest BCUT2D eigenvalue weighted by atomic mass is 35.5. The molecule has 2 N–H and O–H groups in total. The van der Waals surface area contributed by atoms with Gasteiger partial charge in [0.2, 0.25) is 0 Å². The van der Waals surface area contributed by atoms with Crippen LogP contribution in [0.5, 0.6) is 0 Å². The highest BCUT2D eigenvalue weighted by Gasteiger charge is 2.25. The fraction of sp³-hybridized carbons (Fsp3) is 0.500. The Kier molecular flexibility index (Phi) is 5.56. The molecular weight excluding hydrogens is 313 g/mol. The zero-order chi connectivity index (χ0) is 15.4. The lowest BCUT2D eigenvalue weighted by Crippen LogP contribution is -2.53. The summed E-state index contributed by atoms with van der Waals surface area (Å²) in [6, 6.07) is 5.96. The van der Waals surface area contributed by atoms with E-state index in [1.54, 1.807) is 6.07 Å². The van der Waals surface area contributed by atoms with E-state index in [9.17, 15) is 4.79 Å². The maximum absolute atomic E-state index is 10.4. The number of nitrogens with zero attached hydrogens (tertiary/aromatic N) is 2. The third-order valence-electron chi connectivity index (χ3n) is 3.66. The summed E-state index contributed by atoms with van der Waals surface area (Å²) in [6.45, 7) is 5.87. The summed E-state index contributed by atoms with van der Waals surface area (Å²) in [7, 11) is 0. The van der Waals surface area contributed by atoms with Gasteiger partial charge in [-0.25, -0.2) is 4.79 Å². The number of hydrogen-bond acceptors (Lipinski definition) is 3. The zero-order valence-corrected chi connectivity index (χ0v) is 13.4. The third kappa shape index (κ3) is 4.15. The van der Waals surface area contributed by atoms with Gasteiger partial charge in [-0.2, -0.15) is 0 Å². The first-order chi connectivity index (χ1) is 9.99. The molecule has 1 amide bonds. The molecule has 1 aliphatic rings. The van der Waals surface area contributed by atoms with Crippen molar-refractivity contribution in [2.75, 3.05) is 37.6 Å².